The SMILES string of the molecule is CCN(CC)C(=O)Oc1cc(SSc2cc(OC(=O)N(CC)CC)c(F)cc2C)c(C)cc1F. The molecule has 0 atom stereocenters. The van der Waals surface area contributed by atoms with Gasteiger partial charge in [-0.1, -0.05) is 21.6 Å². The van der Waals surface area contributed by atoms with E-state index in [4.69, 9.17) is 9.47 Å². The van der Waals surface area contributed by atoms with Gasteiger partial charge in [0.15, 0.2) is 23.1 Å². The molecule has 186 valence electrons. The van der Waals surface area contributed by atoms with E-state index in [1.165, 1.54) is 55.7 Å². The standard InChI is InChI=1S/C24H30F2N2O4S2/c1-7-27(8-2)23(29)31-19-13-21(15(5)11-17(19)25)33-34-22-14-20(18(26)12-16(22)6)32-24(30)28(9-3)10-4/h11-14H,7-10H2,1-6H3. The lowest BCUT2D eigenvalue weighted by molar-refractivity contribution is 0.154. The predicted molar refractivity (Wildman–Crippen MR) is 132 cm³/mol. The molecule has 34 heavy (non-hydrogen) atoms. The predicted octanol–water partition coefficient (Wildman–Crippen LogP) is 7.06. The van der Waals surface area contributed by atoms with Gasteiger partial charge in [-0.25, -0.2) is 18.4 Å². The monoisotopic (exact) mass is 512 g/mol. The second-order valence-corrected chi connectivity index (χ2v) is 9.56. The molecule has 2 amide bonds. The first-order valence-electron chi connectivity index (χ1n) is 11.0. The average Bonchev–Trinajstić information content (AvgIpc) is 2.79. The van der Waals surface area contributed by atoms with Crippen LogP contribution in [0.4, 0.5) is 18.4 Å². The molecule has 2 aromatic carbocycles. The number of carbonyl (C=O) groups excluding carboxylic acids is 2. The summed E-state index contributed by atoms with van der Waals surface area (Å²) in [7, 11) is 2.61. The summed E-state index contributed by atoms with van der Waals surface area (Å²) in [5.41, 5.74) is 1.32. The van der Waals surface area contributed by atoms with Crippen LogP contribution in [0.3, 0.4) is 0 Å². The van der Waals surface area contributed by atoms with Gasteiger partial charge < -0.3 is 19.3 Å². The van der Waals surface area contributed by atoms with Crippen molar-refractivity contribution in [3.05, 3.63) is 47.0 Å². The van der Waals surface area contributed by atoms with Crippen molar-refractivity contribution in [2.75, 3.05) is 26.2 Å². The molecule has 0 saturated carbocycles. The zero-order chi connectivity index (χ0) is 25.4. The number of amides is 2. The Morgan fingerprint density at radius 2 is 1.03 bits per heavy atom. The van der Waals surface area contributed by atoms with Gasteiger partial charge in [0.2, 0.25) is 0 Å². The molecule has 0 spiro atoms. The molecule has 0 radical (unpaired) electrons. The van der Waals surface area contributed by atoms with Gasteiger partial charge in [0, 0.05) is 36.0 Å². The number of benzene rings is 2. The molecular weight excluding hydrogens is 482 g/mol. The van der Waals surface area contributed by atoms with Gasteiger partial charge in [-0.3, -0.25) is 0 Å². The van der Waals surface area contributed by atoms with Gasteiger partial charge in [-0.15, -0.1) is 0 Å². The number of hydrogen-bond acceptors (Lipinski definition) is 6. The summed E-state index contributed by atoms with van der Waals surface area (Å²) in [6.07, 6.45) is -1.24. The molecular formula is C24H30F2N2O4S2. The minimum absolute atomic E-state index is 0.157. The highest BCUT2D eigenvalue weighted by atomic mass is 33.1. The number of hydrogen-bond donors (Lipinski definition) is 0. The van der Waals surface area contributed by atoms with Crippen LogP contribution in [0.5, 0.6) is 11.5 Å². The maximum absolute atomic E-state index is 14.4. The quantitative estimate of drug-likeness (QED) is 0.335. The zero-order valence-electron chi connectivity index (χ0n) is 20.2. The Bertz CT molecular complexity index is 947. The highest BCUT2D eigenvalue weighted by molar-refractivity contribution is 8.76. The number of halogens is 2. The van der Waals surface area contributed by atoms with E-state index in [1.807, 2.05) is 27.7 Å². The lowest BCUT2D eigenvalue weighted by atomic mass is 10.2. The Balaban J connectivity index is 2.22. The Morgan fingerprint density at radius 3 is 1.32 bits per heavy atom. The minimum Gasteiger partial charge on any atom is -0.407 e. The van der Waals surface area contributed by atoms with E-state index in [-0.39, 0.29) is 11.5 Å². The Kier molecular flexibility index (Phi) is 10.5. The van der Waals surface area contributed by atoms with Crippen LogP contribution in [0.2, 0.25) is 0 Å². The van der Waals surface area contributed by atoms with Crippen molar-refractivity contribution in [2.45, 2.75) is 51.3 Å². The molecule has 0 aliphatic heterocycles. The summed E-state index contributed by atoms with van der Waals surface area (Å²) in [6.45, 7) is 12.5. The van der Waals surface area contributed by atoms with E-state index in [9.17, 15) is 18.4 Å². The van der Waals surface area contributed by atoms with E-state index < -0.39 is 23.8 Å². The fourth-order valence-corrected chi connectivity index (χ4v) is 5.46. The van der Waals surface area contributed by atoms with Crippen LogP contribution < -0.4 is 9.47 Å². The van der Waals surface area contributed by atoms with E-state index in [0.717, 1.165) is 0 Å². The molecule has 2 aromatic rings. The first kappa shape index (κ1) is 27.8. The first-order valence-corrected chi connectivity index (χ1v) is 13.2. The highest BCUT2D eigenvalue weighted by Gasteiger charge is 2.19. The van der Waals surface area contributed by atoms with Crippen molar-refractivity contribution >= 4 is 33.8 Å². The normalized spacial score (nSPS) is 10.7. The van der Waals surface area contributed by atoms with Crippen molar-refractivity contribution in [3.63, 3.8) is 0 Å². The number of ether oxygens (including phenoxy) is 2. The molecule has 0 aliphatic rings. The minimum atomic E-state index is -0.629. The number of nitrogens with zero attached hydrogens (tertiary/aromatic N) is 2. The van der Waals surface area contributed by atoms with Gasteiger partial charge in [-0.05, 0) is 76.9 Å². The molecule has 0 aromatic heterocycles. The average molecular weight is 513 g/mol. The molecule has 0 fully saturated rings. The molecule has 0 saturated heterocycles. The van der Waals surface area contributed by atoms with Gasteiger partial charge in [-0.2, -0.15) is 0 Å². The fraction of sp³-hybridized carbons (Fsp3) is 0.417. The fourth-order valence-electron chi connectivity index (χ4n) is 2.97. The van der Waals surface area contributed by atoms with Crippen LogP contribution in [0.15, 0.2) is 34.1 Å². The third kappa shape index (κ3) is 7.02. The van der Waals surface area contributed by atoms with Crippen LogP contribution in [0.25, 0.3) is 0 Å². The Hall–Kier alpha value is -2.46. The highest BCUT2D eigenvalue weighted by Crippen LogP contribution is 2.43. The van der Waals surface area contributed by atoms with Crippen molar-refractivity contribution < 1.29 is 27.8 Å². The van der Waals surface area contributed by atoms with Gasteiger partial charge in [0.25, 0.3) is 0 Å². The van der Waals surface area contributed by atoms with Crippen molar-refractivity contribution in [2.24, 2.45) is 0 Å². The summed E-state index contributed by atoms with van der Waals surface area (Å²) in [5.74, 6) is -1.57. The van der Waals surface area contributed by atoms with Gasteiger partial charge in [0.1, 0.15) is 0 Å². The lowest BCUT2D eigenvalue weighted by Gasteiger charge is -2.19. The smallest absolute Gasteiger partial charge is 0.407 e. The summed E-state index contributed by atoms with van der Waals surface area (Å²) >= 11 is 0. The van der Waals surface area contributed by atoms with E-state index in [0.29, 0.717) is 47.1 Å². The molecule has 10 heteroatoms. The molecule has 6 nitrogen and oxygen atoms in total. The van der Waals surface area contributed by atoms with E-state index >= 15 is 0 Å². The van der Waals surface area contributed by atoms with Gasteiger partial charge >= 0.3 is 12.2 Å². The van der Waals surface area contributed by atoms with Crippen LogP contribution >= 0.6 is 21.6 Å². The van der Waals surface area contributed by atoms with Crippen LogP contribution in [-0.2, 0) is 0 Å². The number of aryl methyl sites for hydroxylation is 2. The third-order valence-electron chi connectivity index (χ3n) is 5.12. The van der Waals surface area contributed by atoms with E-state index in [2.05, 4.69) is 0 Å². The zero-order valence-corrected chi connectivity index (χ0v) is 21.9. The summed E-state index contributed by atoms with van der Waals surface area (Å²) in [6, 6.07) is 5.57. The summed E-state index contributed by atoms with van der Waals surface area (Å²) in [5, 5.41) is 0. The van der Waals surface area contributed by atoms with Crippen molar-refractivity contribution in [1.82, 2.24) is 9.80 Å². The topological polar surface area (TPSA) is 59.1 Å². The number of rotatable bonds is 9. The Labute approximate surface area is 207 Å². The third-order valence-corrected chi connectivity index (χ3v) is 7.77. The van der Waals surface area contributed by atoms with Crippen molar-refractivity contribution in [3.8, 4) is 11.5 Å². The van der Waals surface area contributed by atoms with Crippen molar-refractivity contribution in [1.29, 1.82) is 0 Å². The van der Waals surface area contributed by atoms with E-state index in [1.54, 1.807) is 13.8 Å². The largest absolute Gasteiger partial charge is 0.415 e. The second kappa shape index (κ2) is 12.9. The molecule has 0 N–H and O–H groups in total. The Morgan fingerprint density at radius 1 is 0.706 bits per heavy atom. The lowest BCUT2D eigenvalue weighted by Crippen LogP contribution is -2.33. The van der Waals surface area contributed by atoms with Gasteiger partial charge in [0.05, 0.1) is 0 Å². The molecule has 0 aliphatic carbocycles. The molecule has 0 heterocycles. The molecule has 0 bridgehead atoms. The number of carbonyl (C=O) groups is 2. The van der Waals surface area contributed by atoms with Crippen LogP contribution in [0.1, 0.15) is 38.8 Å². The molecule has 2 rings (SSSR count). The second-order valence-electron chi connectivity index (χ2n) is 7.34. The van der Waals surface area contributed by atoms with Crippen LogP contribution in [-0.4, -0.2) is 48.2 Å². The maximum Gasteiger partial charge on any atom is 0.415 e. The summed E-state index contributed by atoms with van der Waals surface area (Å²) < 4.78 is 39.4. The molecule has 0 unspecified atom stereocenters. The first-order chi connectivity index (χ1) is 16.1. The summed E-state index contributed by atoms with van der Waals surface area (Å²) in [4.78, 5) is 28.7. The maximum atomic E-state index is 14.4. The van der Waals surface area contributed by atoms with Crippen LogP contribution in [0, 0.1) is 25.5 Å².